The van der Waals surface area contributed by atoms with E-state index in [1.165, 1.54) is 12.1 Å². The van der Waals surface area contributed by atoms with Crippen LogP contribution in [0.1, 0.15) is 23.2 Å². The summed E-state index contributed by atoms with van der Waals surface area (Å²) in [6.07, 6.45) is 1.24. The van der Waals surface area contributed by atoms with Crippen molar-refractivity contribution >= 4 is 17.3 Å². The fourth-order valence-electron chi connectivity index (χ4n) is 1.44. The maximum atomic E-state index is 10.9. The summed E-state index contributed by atoms with van der Waals surface area (Å²) in [5.74, 6) is -1.14. The molecular weight excluding hydrogens is 240 g/mol. The smallest absolute Gasteiger partial charge is 0.337 e. The van der Waals surface area contributed by atoms with E-state index in [0.717, 1.165) is 6.07 Å². The number of anilines is 1. The van der Waals surface area contributed by atoms with Gasteiger partial charge in [0.15, 0.2) is 0 Å². The van der Waals surface area contributed by atoms with Gasteiger partial charge in [0.25, 0.3) is 5.69 Å². The molecule has 7 nitrogen and oxygen atoms in total. The van der Waals surface area contributed by atoms with Gasteiger partial charge in [-0.1, -0.05) is 0 Å². The molecule has 1 aromatic carbocycles. The minimum Gasteiger partial charge on any atom is -0.478 e. The molecule has 3 N–H and O–H groups in total. The van der Waals surface area contributed by atoms with E-state index < -0.39 is 10.9 Å². The zero-order valence-electron chi connectivity index (χ0n) is 9.63. The number of benzene rings is 1. The lowest BCUT2D eigenvalue weighted by molar-refractivity contribution is -0.384. The lowest BCUT2D eigenvalue weighted by Gasteiger charge is -2.08. The van der Waals surface area contributed by atoms with E-state index in [1.807, 2.05) is 0 Å². The largest absolute Gasteiger partial charge is 0.478 e. The molecule has 0 aliphatic carbocycles. The van der Waals surface area contributed by atoms with Gasteiger partial charge in [0.1, 0.15) is 0 Å². The van der Waals surface area contributed by atoms with E-state index in [9.17, 15) is 14.9 Å². The van der Waals surface area contributed by atoms with Gasteiger partial charge in [0.05, 0.1) is 16.2 Å². The first-order valence-corrected chi connectivity index (χ1v) is 5.42. The Morgan fingerprint density at radius 2 is 2.11 bits per heavy atom. The molecule has 98 valence electrons. The number of hydrogen-bond donors (Lipinski definition) is 3. The normalized spacial score (nSPS) is 10.1. The minimum atomic E-state index is -1.14. The molecule has 1 aromatic rings. The van der Waals surface area contributed by atoms with Crippen molar-refractivity contribution in [1.82, 2.24) is 0 Å². The third-order valence-corrected chi connectivity index (χ3v) is 2.34. The quantitative estimate of drug-likeness (QED) is 0.386. The van der Waals surface area contributed by atoms with Crippen molar-refractivity contribution in [2.24, 2.45) is 0 Å². The average Bonchev–Trinajstić information content (AvgIpc) is 2.34. The van der Waals surface area contributed by atoms with Crippen LogP contribution in [0.4, 0.5) is 11.4 Å². The molecule has 0 saturated carbocycles. The molecule has 0 aromatic heterocycles. The van der Waals surface area contributed by atoms with Gasteiger partial charge in [0.2, 0.25) is 0 Å². The Morgan fingerprint density at radius 1 is 1.39 bits per heavy atom. The van der Waals surface area contributed by atoms with Gasteiger partial charge in [-0.2, -0.15) is 0 Å². The lowest BCUT2D eigenvalue weighted by Crippen LogP contribution is -2.08. The molecule has 0 unspecified atom stereocenters. The summed E-state index contributed by atoms with van der Waals surface area (Å²) in [5, 5.41) is 31.0. The maximum Gasteiger partial charge on any atom is 0.337 e. The number of nitrogens with zero attached hydrogens (tertiary/aromatic N) is 1. The van der Waals surface area contributed by atoms with Gasteiger partial charge in [-0.25, -0.2) is 4.79 Å². The van der Waals surface area contributed by atoms with Gasteiger partial charge in [-0.05, 0) is 18.9 Å². The predicted octanol–water partition coefficient (Wildman–Crippen LogP) is 1.48. The number of aliphatic hydroxyl groups is 1. The number of nitrogens with one attached hydrogen (secondary N) is 1. The molecule has 0 fully saturated rings. The van der Waals surface area contributed by atoms with Crippen molar-refractivity contribution in [3.05, 3.63) is 33.9 Å². The van der Waals surface area contributed by atoms with Crippen molar-refractivity contribution in [1.29, 1.82) is 0 Å². The predicted molar refractivity (Wildman–Crippen MR) is 64.9 cm³/mol. The first-order chi connectivity index (χ1) is 8.56. The van der Waals surface area contributed by atoms with Crippen LogP contribution in [-0.4, -0.2) is 34.3 Å². The molecule has 0 atom stereocenters. The number of rotatable bonds is 7. The van der Waals surface area contributed by atoms with Gasteiger partial charge < -0.3 is 15.5 Å². The van der Waals surface area contributed by atoms with E-state index in [0.29, 0.717) is 19.4 Å². The topological polar surface area (TPSA) is 113 Å². The van der Waals surface area contributed by atoms with Crippen LogP contribution in [0, 0.1) is 10.1 Å². The molecule has 0 aliphatic rings. The number of carbonyl (C=O) groups is 1. The van der Waals surface area contributed by atoms with Crippen LogP contribution >= 0.6 is 0 Å². The monoisotopic (exact) mass is 254 g/mol. The lowest BCUT2D eigenvalue weighted by atomic mass is 10.1. The molecule has 0 amide bonds. The van der Waals surface area contributed by atoms with Crippen LogP contribution in [0.25, 0.3) is 0 Å². The number of non-ortho nitro benzene ring substituents is 1. The second-order valence-electron chi connectivity index (χ2n) is 3.65. The summed E-state index contributed by atoms with van der Waals surface area (Å²) in [5.41, 5.74) is 0.0453. The zero-order chi connectivity index (χ0) is 13.5. The highest BCUT2D eigenvalue weighted by Crippen LogP contribution is 2.22. The molecule has 0 aliphatic heterocycles. The molecule has 1 rings (SSSR count). The van der Waals surface area contributed by atoms with Crippen LogP contribution in [-0.2, 0) is 0 Å². The number of aliphatic hydroxyl groups excluding tert-OH is 1. The maximum absolute atomic E-state index is 10.9. The first kappa shape index (κ1) is 13.9. The number of aromatic carboxylic acids is 1. The second kappa shape index (κ2) is 6.55. The van der Waals surface area contributed by atoms with Crippen LogP contribution in [0.5, 0.6) is 0 Å². The second-order valence-corrected chi connectivity index (χ2v) is 3.65. The molecule has 18 heavy (non-hydrogen) atoms. The summed E-state index contributed by atoms with van der Waals surface area (Å²) in [7, 11) is 0. The molecule has 0 spiro atoms. The third kappa shape index (κ3) is 3.70. The Balaban J connectivity index is 2.86. The Bertz CT molecular complexity index is 447. The highest BCUT2D eigenvalue weighted by molar-refractivity contribution is 5.94. The number of unbranched alkanes of at least 4 members (excludes halogenated alkanes) is 1. The van der Waals surface area contributed by atoms with Crippen LogP contribution in [0.2, 0.25) is 0 Å². The summed E-state index contributed by atoms with van der Waals surface area (Å²) in [4.78, 5) is 21.0. The van der Waals surface area contributed by atoms with Gasteiger partial charge >= 0.3 is 5.97 Å². The SMILES string of the molecule is O=C(O)c1ccc([N+](=O)[O-])cc1NCCCCO. The van der Waals surface area contributed by atoms with E-state index in [2.05, 4.69) is 5.32 Å². The number of carboxylic acid groups (broad SMARTS) is 1. The fraction of sp³-hybridized carbons (Fsp3) is 0.364. The Kier molecular flexibility index (Phi) is 5.06. The van der Waals surface area contributed by atoms with Crippen LogP contribution in [0.15, 0.2) is 18.2 Å². The summed E-state index contributed by atoms with van der Waals surface area (Å²) >= 11 is 0. The summed E-state index contributed by atoms with van der Waals surface area (Å²) in [6.45, 7) is 0.504. The van der Waals surface area contributed by atoms with Crippen molar-refractivity contribution in [2.75, 3.05) is 18.5 Å². The van der Waals surface area contributed by atoms with E-state index >= 15 is 0 Å². The van der Waals surface area contributed by atoms with E-state index in [1.54, 1.807) is 0 Å². The fourth-order valence-corrected chi connectivity index (χ4v) is 1.44. The van der Waals surface area contributed by atoms with Crippen molar-refractivity contribution in [3.63, 3.8) is 0 Å². The Morgan fingerprint density at radius 3 is 2.67 bits per heavy atom. The highest BCUT2D eigenvalue weighted by Gasteiger charge is 2.14. The Labute approximate surface area is 103 Å². The van der Waals surface area contributed by atoms with Crippen LogP contribution in [0.3, 0.4) is 0 Å². The standard InChI is InChI=1S/C11H14N2O5/c14-6-2-1-5-12-10-7-8(13(17)18)3-4-9(10)11(15)16/h3-4,7,12,14H,1-2,5-6H2,(H,15,16). The molecule has 0 bridgehead atoms. The van der Waals surface area contributed by atoms with Crippen molar-refractivity contribution in [2.45, 2.75) is 12.8 Å². The van der Waals surface area contributed by atoms with E-state index in [4.69, 9.17) is 10.2 Å². The van der Waals surface area contributed by atoms with Gasteiger partial charge in [0, 0.05) is 25.3 Å². The van der Waals surface area contributed by atoms with Gasteiger partial charge in [-0.15, -0.1) is 0 Å². The molecule has 0 radical (unpaired) electrons. The number of nitro benzene ring substituents is 1. The number of nitro groups is 1. The first-order valence-electron chi connectivity index (χ1n) is 5.42. The van der Waals surface area contributed by atoms with Gasteiger partial charge in [-0.3, -0.25) is 10.1 Å². The number of carboxylic acids is 1. The summed E-state index contributed by atoms with van der Waals surface area (Å²) in [6, 6.07) is 3.56. The molecule has 7 heteroatoms. The van der Waals surface area contributed by atoms with Crippen LogP contribution < -0.4 is 5.32 Å². The van der Waals surface area contributed by atoms with E-state index in [-0.39, 0.29) is 23.5 Å². The Hall–Kier alpha value is -2.15. The zero-order valence-corrected chi connectivity index (χ0v) is 9.63. The van der Waals surface area contributed by atoms with Crippen molar-refractivity contribution < 1.29 is 19.9 Å². The highest BCUT2D eigenvalue weighted by atomic mass is 16.6. The summed E-state index contributed by atoms with van der Waals surface area (Å²) < 4.78 is 0. The number of hydrogen-bond acceptors (Lipinski definition) is 5. The molecule has 0 heterocycles. The molecular formula is C11H14N2O5. The third-order valence-electron chi connectivity index (χ3n) is 2.34. The molecule has 0 saturated heterocycles. The average molecular weight is 254 g/mol. The van der Waals surface area contributed by atoms with Crippen molar-refractivity contribution in [3.8, 4) is 0 Å². The minimum absolute atomic E-state index is 0.00963.